The van der Waals surface area contributed by atoms with Gasteiger partial charge in [0, 0.05) is 24.5 Å². The van der Waals surface area contributed by atoms with Crippen molar-refractivity contribution >= 4 is 5.69 Å². The lowest BCUT2D eigenvalue weighted by atomic mass is 9.99. The first-order valence-electron chi connectivity index (χ1n) is 6.01. The molecule has 1 atom stereocenters. The van der Waals surface area contributed by atoms with E-state index in [9.17, 15) is 22.7 Å². The minimum absolute atomic E-state index is 0.0551. The molecule has 2 rings (SSSR count). The molecule has 0 radical (unpaired) electrons. The Bertz CT molecular complexity index is 643. The van der Waals surface area contributed by atoms with Crippen LogP contribution in [0.2, 0.25) is 0 Å². The van der Waals surface area contributed by atoms with Gasteiger partial charge in [0.15, 0.2) is 0 Å². The van der Waals surface area contributed by atoms with Crippen LogP contribution in [0.1, 0.15) is 22.8 Å². The number of hydrogen-bond donors (Lipinski definition) is 2. The lowest BCUT2D eigenvalue weighted by Crippen LogP contribution is -2.10. The highest BCUT2D eigenvalue weighted by Gasteiger charge is 2.32. The molecule has 1 aromatic carbocycles. The Labute approximate surface area is 118 Å². The molecule has 2 aromatic rings. The molecule has 1 aromatic heterocycles. The van der Waals surface area contributed by atoms with Crippen LogP contribution in [0.15, 0.2) is 36.7 Å². The number of alkyl halides is 3. The van der Waals surface area contributed by atoms with E-state index in [0.29, 0.717) is 17.3 Å². The van der Waals surface area contributed by atoms with Crippen molar-refractivity contribution in [3.05, 3.63) is 59.2 Å². The third kappa shape index (κ3) is 3.69. The second-order valence-electron chi connectivity index (χ2n) is 4.57. The first-order valence-corrected chi connectivity index (χ1v) is 6.01. The van der Waals surface area contributed by atoms with Gasteiger partial charge in [0.2, 0.25) is 0 Å². The van der Waals surface area contributed by atoms with Gasteiger partial charge in [-0.3, -0.25) is 4.98 Å². The summed E-state index contributed by atoms with van der Waals surface area (Å²) in [6.07, 6.45) is -3.18. The topological polar surface area (TPSA) is 59.1 Å². The van der Waals surface area contributed by atoms with Gasteiger partial charge in [-0.05, 0) is 35.4 Å². The molecule has 1 heterocycles. The number of nitrogens with zero attached hydrogens (tertiary/aromatic N) is 1. The average molecular weight is 300 g/mol. The van der Waals surface area contributed by atoms with E-state index in [4.69, 9.17) is 5.73 Å². The van der Waals surface area contributed by atoms with E-state index in [-0.39, 0.29) is 12.0 Å². The van der Waals surface area contributed by atoms with Crippen molar-refractivity contribution in [1.29, 1.82) is 0 Å². The van der Waals surface area contributed by atoms with E-state index in [1.165, 1.54) is 18.5 Å². The maximum atomic E-state index is 13.3. The molecule has 0 amide bonds. The summed E-state index contributed by atoms with van der Waals surface area (Å²) in [6.45, 7) is 0. The smallest absolute Gasteiger partial charge is 0.398 e. The normalized spacial score (nSPS) is 13.2. The monoisotopic (exact) mass is 300 g/mol. The number of aromatic nitrogens is 1. The van der Waals surface area contributed by atoms with Crippen LogP contribution in [0.5, 0.6) is 0 Å². The van der Waals surface area contributed by atoms with Gasteiger partial charge in [0.05, 0.1) is 11.7 Å². The average Bonchev–Trinajstić information content (AvgIpc) is 2.39. The molecule has 3 nitrogen and oxygen atoms in total. The number of rotatable bonds is 3. The zero-order chi connectivity index (χ0) is 15.6. The van der Waals surface area contributed by atoms with Crippen molar-refractivity contribution in [3.8, 4) is 0 Å². The van der Waals surface area contributed by atoms with Gasteiger partial charge < -0.3 is 10.8 Å². The molecule has 1 unspecified atom stereocenters. The second kappa shape index (κ2) is 5.69. The van der Waals surface area contributed by atoms with E-state index in [0.717, 1.165) is 12.1 Å². The van der Waals surface area contributed by atoms with Crippen LogP contribution in [0.25, 0.3) is 0 Å². The van der Waals surface area contributed by atoms with Crippen molar-refractivity contribution in [2.75, 3.05) is 5.73 Å². The van der Waals surface area contributed by atoms with E-state index in [1.54, 1.807) is 0 Å². The third-order valence-corrected chi connectivity index (χ3v) is 2.99. The summed E-state index contributed by atoms with van der Waals surface area (Å²) >= 11 is 0. The molecule has 0 bridgehead atoms. The van der Waals surface area contributed by atoms with Gasteiger partial charge in [0.1, 0.15) is 5.82 Å². The highest BCUT2D eigenvalue weighted by molar-refractivity contribution is 5.45. The zero-order valence-corrected chi connectivity index (χ0v) is 10.7. The molecule has 112 valence electrons. The molecular formula is C14H12F4N2O. The van der Waals surface area contributed by atoms with Crippen molar-refractivity contribution in [3.63, 3.8) is 0 Å². The molecule has 7 heteroatoms. The fraction of sp³-hybridized carbons (Fsp3) is 0.214. The van der Waals surface area contributed by atoms with Crippen molar-refractivity contribution in [2.24, 2.45) is 0 Å². The zero-order valence-electron chi connectivity index (χ0n) is 10.7. The number of hydrogen-bond acceptors (Lipinski definition) is 3. The van der Waals surface area contributed by atoms with Crippen molar-refractivity contribution in [1.82, 2.24) is 4.98 Å². The maximum Gasteiger partial charge on any atom is 0.416 e. The van der Waals surface area contributed by atoms with Gasteiger partial charge in [-0.15, -0.1) is 0 Å². The summed E-state index contributed by atoms with van der Waals surface area (Å²) in [5, 5.41) is 10.00. The number of benzene rings is 1. The quantitative estimate of drug-likeness (QED) is 0.856. The molecule has 21 heavy (non-hydrogen) atoms. The Hall–Kier alpha value is -2.15. The highest BCUT2D eigenvalue weighted by Crippen LogP contribution is 2.32. The minimum atomic E-state index is -4.68. The van der Waals surface area contributed by atoms with Crippen LogP contribution in [-0.2, 0) is 12.6 Å². The van der Waals surface area contributed by atoms with Crippen molar-refractivity contribution < 1.29 is 22.7 Å². The summed E-state index contributed by atoms with van der Waals surface area (Å²) in [5.41, 5.74) is 5.20. The number of anilines is 1. The number of aliphatic hydroxyl groups is 1. The summed E-state index contributed by atoms with van der Waals surface area (Å²) in [4.78, 5) is 3.82. The summed E-state index contributed by atoms with van der Waals surface area (Å²) in [5.74, 6) is -1.06. The van der Waals surface area contributed by atoms with E-state index >= 15 is 0 Å². The number of aliphatic hydroxyl groups excluding tert-OH is 1. The molecule has 0 aliphatic carbocycles. The minimum Gasteiger partial charge on any atom is -0.398 e. The SMILES string of the molecule is Nc1ccncc1CC(O)c1cc(F)cc(C(F)(F)F)c1. The van der Waals surface area contributed by atoms with Crippen LogP contribution in [-0.4, -0.2) is 10.1 Å². The van der Waals surface area contributed by atoms with Gasteiger partial charge in [-0.25, -0.2) is 4.39 Å². The lowest BCUT2D eigenvalue weighted by Gasteiger charge is -2.15. The Morgan fingerprint density at radius 2 is 1.95 bits per heavy atom. The molecular weight excluding hydrogens is 288 g/mol. The molecule has 0 fully saturated rings. The standard InChI is InChI=1S/C14H12F4N2O/c15-11-4-8(3-10(6-11)14(16,17)18)13(21)5-9-7-20-2-1-12(9)19/h1-4,6-7,13,21H,5H2,(H2,19,20). The number of nitrogens with two attached hydrogens (primary N) is 1. The fourth-order valence-corrected chi connectivity index (χ4v) is 1.90. The number of nitrogen functional groups attached to an aromatic ring is 1. The predicted molar refractivity (Wildman–Crippen MR) is 68.7 cm³/mol. The molecule has 0 spiro atoms. The Kier molecular flexibility index (Phi) is 4.13. The van der Waals surface area contributed by atoms with Crippen LogP contribution in [0, 0.1) is 5.82 Å². The molecule has 0 saturated heterocycles. The van der Waals surface area contributed by atoms with Crippen LogP contribution < -0.4 is 5.73 Å². The predicted octanol–water partition coefficient (Wildman–Crippen LogP) is 3.10. The Balaban J connectivity index is 2.29. The number of halogens is 4. The summed E-state index contributed by atoms with van der Waals surface area (Å²) in [6, 6.07) is 3.48. The fourth-order valence-electron chi connectivity index (χ4n) is 1.90. The molecule has 0 aliphatic rings. The van der Waals surface area contributed by atoms with Gasteiger partial charge in [-0.2, -0.15) is 13.2 Å². The van der Waals surface area contributed by atoms with Gasteiger partial charge in [-0.1, -0.05) is 0 Å². The summed E-state index contributed by atoms with van der Waals surface area (Å²) < 4.78 is 51.2. The first-order chi connectivity index (χ1) is 9.77. The van der Waals surface area contributed by atoms with E-state index in [2.05, 4.69) is 4.98 Å². The van der Waals surface area contributed by atoms with Crippen LogP contribution in [0.4, 0.5) is 23.2 Å². The Morgan fingerprint density at radius 1 is 1.24 bits per heavy atom. The molecule has 0 saturated carbocycles. The lowest BCUT2D eigenvalue weighted by molar-refractivity contribution is -0.137. The largest absolute Gasteiger partial charge is 0.416 e. The van der Waals surface area contributed by atoms with Crippen molar-refractivity contribution in [2.45, 2.75) is 18.7 Å². The van der Waals surface area contributed by atoms with Crippen LogP contribution in [0.3, 0.4) is 0 Å². The highest BCUT2D eigenvalue weighted by atomic mass is 19.4. The van der Waals surface area contributed by atoms with Crippen LogP contribution >= 0.6 is 0 Å². The third-order valence-electron chi connectivity index (χ3n) is 2.99. The van der Waals surface area contributed by atoms with Gasteiger partial charge >= 0.3 is 6.18 Å². The Morgan fingerprint density at radius 3 is 2.57 bits per heavy atom. The van der Waals surface area contributed by atoms with E-state index in [1.807, 2.05) is 0 Å². The second-order valence-corrected chi connectivity index (χ2v) is 4.57. The van der Waals surface area contributed by atoms with E-state index < -0.39 is 23.7 Å². The maximum absolute atomic E-state index is 13.3. The molecule has 0 aliphatic heterocycles. The van der Waals surface area contributed by atoms with Gasteiger partial charge in [0.25, 0.3) is 0 Å². The summed E-state index contributed by atoms with van der Waals surface area (Å²) in [7, 11) is 0. The first kappa shape index (κ1) is 15.2. The number of pyridine rings is 1. The molecule has 3 N–H and O–H groups in total.